The van der Waals surface area contributed by atoms with Gasteiger partial charge >= 0.3 is 0 Å². The second kappa shape index (κ2) is 5.88. The van der Waals surface area contributed by atoms with Gasteiger partial charge in [-0.15, -0.1) is 0 Å². The molecule has 0 bridgehead atoms. The molecule has 1 unspecified atom stereocenters. The highest BCUT2D eigenvalue weighted by Crippen LogP contribution is 2.19. The molecule has 7 heteroatoms. The fourth-order valence-electron chi connectivity index (χ4n) is 1.88. The second-order valence-electron chi connectivity index (χ2n) is 4.78. The molecular formula is C13H17N3O2S2. The van der Waals surface area contributed by atoms with Crippen LogP contribution in [-0.4, -0.2) is 30.7 Å². The van der Waals surface area contributed by atoms with Crippen molar-refractivity contribution in [3.8, 4) is 0 Å². The molecule has 108 valence electrons. The zero-order valence-corrected chi connectivity index (χ0v) is 13.3. The smallest absolute Gasteiger partial charge is 0.180 e. The van der Waals surface area contributed by atoms with Crippen molar-refractivity contribution in [3.63, 3.8) is 0 Å². The van der Waals surface area contributed by atoms with Gasteiger partial charge in [0.15, 0.2) is 9.84 Å². The van der Waals surface area contributed by atoms with Gasteiger partial charge in [-0.2, -0.15) is 11.3 Å². The molecule has 0 amide bonds. The Morgan fingerprint density at radius 3 is 2.80 bits per heavy atom. The highest BCUT2D eigenvalue weighted by Gasteiger charge is 2.17. The first-order chi connectivity index (χ1) is 9.36. The highest BCUT2D eigenvalue weighted by atomic mass is 32.2. The van der Waals surface area contributed by atoms with Crippen molar-refractivity contribution in [1.29, 1.82) is 0 Å². The largest absolute Gasteiger partial charge is 0.366 e. The Kier molecular flexibility index (Phi) is 4.39. The minimum absolute atomic E-state index is 0.0828. The van der Waals surface area contributed by atoms with Crippen molar-refractivity contribution in [2.24, 2.45) is 0 Å². The average Bonchev–Trinajstić information content (AvgIpc) is 2.79. The van der Waals surface area contributed by atoms with Crippen LogP contribution in [0.1, 0.15) is 18.3 Å². The molecule has 0 aliphatic rings. The molecule has 0 aliphatic heterocycles. The molecule has 2 rings (SSSR count). The van der Waals surface area contributed by atoms with E-state index in [0.717, 1.165) is 12.7 Å². The molecule has 1 atom stereocenters. The summed E-state index contributed by atoms with van der Waals surface area (Å²) >= 11 is 1.65. The number of sulfone groups is 1. The number of hydrogen-bond donors (Lipinski definition) is 1. The van der Waals surface area contributed by atoms with Crippen LogP contribution < -0.4 is 5.32 Å². The minimum Gasteiger partial charge on any atom is -0.366 e. The molecule has 2 aromatic heterocycles. The number of nitrogens with zero attached hydrogens (tertiary/aromatic N) is 2. The zero-order chi connectivity index (χ0) is 14.8. The van der Waals surface area contributed by atoms with Crippen molar-refractivity contribution in [3.05, 3.63) is 34.4 Å². The molecule has 0 aromatic carbocycles. The first-order valence-corrected chi connectivity index (χ1v) is 9.01. The second-order valence-corrected chi connectivity index (χ2v) is 7.55. The summed E-state index contributed by atoms with van der Waals surface area (Å²) < 4.78 is 23.5. The van der Waals surface area contributed by atoms with Gasteiger partial charge < -0.3 is 5.32 Å². The number of thiophene rings is 1. The summed E-state index contributed by atoms with van der Waals surface area (Å²) in [4.78, 5) is 8.31. The predicted octanol–water partition coefficient (Wildman–Crippen LogP) is 2.29. The van der Waals surface area contributed by atoms with Crippen molar-refractivity contribution >= 4 is 27.0 Å². The Labute approximate surface area is 123 Å². The van der Waals surface area contributed by atoms with Crippen LogP contribution in [0.25, 0.3) is 0 Å². The predicted molar refractivity (Wildman–Crippen MR) is 81.0 cm³/mol. The first kappa shape index (κ1) is 14.9. The molecule has 0 fully saturated rings. The number of nitrogens with one attached hydrogen (secondary N) is 1. The van der Waals surface area contributed by atoms with Crippen LogP contribution in [-0.2, 0) is 16.3 Å². The summed E-state index contributed by atoms with van der Waals surface area (Å²) in [5.74, 6) is 0.922. The van der Waals surface area contributed by atoms with E-state index in [1.807, 2.05) is 12.3 Å². The number of aromatic nitrogens is 2. The van der Waals surface area contributed by atoms with Crippen LogP contribution in [0.2, 0.25) is 0 Å². The fraction of sp³-hybridized carbons (Fsp3) is 0.385. The molecule has 2 heterocycles. The molecule has 0 spiro atoms. The molecule has 0 aliphatic carbocycles. The lowest BCUT2D eigenvalue weighted by Gasteiger charge is -2.16. The maximum absolute atomic E-state index is 11.7. The molecule has 1 N–H and O–H groups in total. The zero-order valence-electron chi connectivity index (χ0n) is 11.6. The Balaban J connectivity index is 2.22. The summed E-state index contributed by atoms with van der Waals surface area (Å²) in [6.07, 6.45) is 3.34. The minimum atomic E-state index is -3.34. The third-order valence-corrected chi connectivity index (χ3v) is 4.61. The van der Waals surface area contributed by atoms with E-state index in [9.17, 15) is 8.42 Å². The molecule has 0 radical (unpaired) electrons. The van der Waals surface area contributed by atoms with E-state index >= 15 is 0 Å². The number of aryl methyl sites for hydroxylation is 1. The Morgan fingerprint density at radius 2 is 2.20 bits per heavy atom. The lowest BCUT2D eigenvalue weighted by atomic mass is 10.1. The fourth-order valence-corrected chi connectivity index (χ4v) is 3.26. The van der Waals surface area contributed by atoms with E-state index in [1.165, 1.54) is 11.8 Å². The van der Waals surface area contributed by atoms with Crippen molar-refractivity contribution in [1.82, 2.24) is 9.97 Å². The number of rotatable bonds is 5. The van der Waals surface area contributed by atoms with Crippen molar-refractivity contribution < 1.29 is 8.42 Å². The number of anilines is 1. The molecule has 5 nitrogen and oxygen atoms in total. The molecule has 0 saturated carbocycles. The molecule has 20 heavy (non-hydrogen) atoms. The SMILES string of the molecule is Cc1ncc(S(C)(=O)=O)c(NC(C)Cc2ccsc2)n1. The van der Waals surface area contributed by atoms with E-state index in [2.05, 4.69) is 26.7 Å². The highest BCUT2D eigenvalue weighted by molar-refractivity contribution is 7.90. The van der Waals surface area contributed by atoms with Gasteiger partial charge in [-0.25, -0.2) is 18.4 Å². The maximum Gasteiger partial charge on any atom is 0.180 e. The summed E-state index contributed by atoms with van der Waals surface area (Å²) in [5, 5.41) is 7.28. The average molecular weight is 311 g/mol. The quantitative estimate of drug-likeness (QED) is 0.917. The van der Waals surface area contributed by atoms with Gasteiger partial charge in [0.25, 0.3) is 0 Å². The van der Waals surface area contributed by atoms with Crippen molar-refractivity contribution in [2.45, 2.75) is 31.2 Å². The van der Waals surface area contributed by atoms with Crippen LogP contribution in [0.5, 0.6) is 0 Å². The lowest BCUT2D eigenvalue weighted by molar-refractivity contribution is 0.601. The van der Waals surface area contributed by atoms with Crippen LogP contribution in [0.3, 0.4) is 0 Å². The van der Waals surface area contributed by atoms with Crippen LogP contribution >= 0.6 is 11.3 Å². The number of hydrogen-bond acceptors (Lipinski definition) is 6. The molecular weight excluding hydrogens is 294 g/mol. The van der Waals surface area contributed by atoms with E-state index < -0.39 is 9.84 Å². The topological polar surface area (TPSA) is 72.0 Å². The Bertz CT molecular complexity index is 682. The Hall–Kier alpha value is -1.47. The molecule has 0 saturated heterocycles. The first-order valence-electron chi connectivity index (χ1n) is 6.17. The van der Waals surface area contributed by atoms with Crippen molar-refractivity contribution in [2.75, 3.05) is 11.6 Å². The van der Waals surface area contributed by atoms with E-state index in [4.69, 9.17) is 0 Å². The normalized spacial score (nSPS) is 13.2. The van der Waals surface area contributed by atoms with Gasteiger partial charge in [0, 0.05) is 12.3 Å². The maximum atomic E-state index is 11.7. The molecule has 2 aromatic rings. The monoisotopic (exact) mass is 311 g/mol. The van der Waals surface area contributed by atoms with Gasteiger partial charge in [0.1, 0.15) is 16.5 Å². The van der Waals surface area contributed by atoms with E-state index in [1.54, 1.807) is 18.3 Å². The summed E-state index contributed by atoms with van der Waals surface area (Å²) in [7, 11) is -3.34. The third-order valence-electron chi connectivity index (χ3n) is 2.78. The van der Waals surface area contributed by atoms with Crippen LogP contribution in [0.4, 0.5) is 5.82 Å². The Morgan fingerprint density at radius 1 is 1.45 bits per heavy atom. The van der Waals surface area contributed by atoms with Gasteiger partial charge in [-0.3, -0.25) is 0 Å². The third kappa shape index (κ3) is 3.77. The summed E-state index contributed by atoms with van der Waals surface area (Å²) in [6.45, 7) is 3.74. The van der Waals surface area contributed by atoms with E-state index in [-0.39, 0.29) is 10.9 Å². The van der Waals surface area contributed by atoms with Crippen LogP contribution in [0, 0.1) is 6.92 Å². The van der Waals surface area contributed by atoms with Gasteiger partial charge in [0.05, 0.1) is 6.20 Å². The van der Waals surface area contributed by atoms with Crippen LogP contribution in [0.15, 0.2) is 27.9 Å². The van der Waals surface area contributed by atoms with Gasteiger partial charge in [-0.1, -0.05) is 0 Å². The van der Waals surface area contributed by atoms with Gasteiger partial charge in [0.2, 0.25) is 0 Å². The standard InChI is InChI=1S/C13H17N3O2S2/c1-9(6-11-4-5-19-8-11)15-13-12(20(3,17)18)7-14-10(2)16-13/h4-5,7-9H,6H2,1-3H3,(H,14,15,16). The van der Waals surface area contributed by atoms with E-state index in [0.29, 0.717) is 11.6 Å². The van der Waals surface area contributed by atoms with Gasteiger partial charge in [-0.05, 0) is 42.7 Å². The summed E-state index contributed by atoms with van der Waals surface area (Å²) in [6, 6.07) is 2.14. The lowest BCUT2D eigenvalue weighted by Crippen LogP contribution is -2.21. The summed E-state index contributed by atoms with van der Waals surface area (Å²) in [5.41, 5.74) is 1.22.